The number of rotatable bonds is 8. The molecule has 0 aliphatic heterocycles. The van der Waals surface area contributed by atoms with Gasteiger partial charge in [-0.25, -0.2) is 0 Å². The number of para-hydroxylation sites is 1. The lowest BCUT2D eigenvalue weighted by atomic mass is 9.81. The molecule has 3 N–H and O–H groups in total. The predicted octanol–water partition coefficient (Wildman–Crippen LogP) is 13.9. The van der Waals surface area contributed by atoms with Crippen molar-refractivity contribution in [2.75, 3.05) is 6.67 Å². The van der Waals surface area contributed by atoms with E-state index in [0.717, 1.165) is 48.3 Å². The molecule has 0 radical (unpaired) electrons. The number of hydrogen-bond acceptors (Lipinski definition) is 2. The van der Waals surface area contributed by atoms with Gasteiger partial charge in [0.1, 0.15) is 5.84 Å². The Kier molecular flexibility index (Phi) is 10.8. The topological polar surface area (TPSA) is 55.3 Å². The number of allylic oxidation sites excluding steroid dienone is 5. The van der Waals surface area contributed by atoms with Gasteiger partial charge in [0.05, 0.1) is 23.7 Å². The Balaban J connectivity index is 0.00000228. The minimum atomic E-state index is -0.157. The van der Waals surface area contributed by atoms with Crippen LogP contribution in [0.3, 0.4) is 0 Å². The van der Waals surface area contributed by atoms with Crippen LogP contribution in [0.15, 0.2) is 186 Å². The number of hydrogen-bond donors (Lipinski definition) is 2. The van der Waals surface area contributed by atoms with Gasteiger partial charge in [-0.3, -0.25) is 4.99 Å². The van der Waals surface area contributed by atoms with Crippen molar-refractivity contribution in [2.45, 2.75) is 64.8 Å². The van der Waals surface area contributed by atoms with Crippen LogP contribution in [0.1, 0.15) is 76.1 Å². The smallest absolute Gasteiger partial charge is 0.129 e. The van der Waals surface area contributed by atoms with Gasteiger partial charge in [0.2, 0.25) is 0 Å². The summed E-state index contributed by atoms with van der Waals surface area (Å²) in [6.07, 6.45) is 17.4. The van der Waals surface area contributed by atoms with E-state index in [1.165, 1.54) is 71.9 Å². The van der Waals surface area contributed by atoms with Crippen molar-refractivity contribution >= 4 is 27.6 Å². The Bertz CT molecular complexity index is 2890. The summed E-state index contributed by atoms with van der Waals surface area (Å²) in [6.45, 7) is 9.03. The van der Waals surface area contributed by atoms with Crippen LogP contribution in [0.4, 0.5) is 0 Å². The molecule has 7 aromatic rings. The lowest BCUT2D eigenvalue weighted by Gasteiger charge is -2.22. The van der Waals surface area contributed by atoms with Crippen molar-refractivity contribution in [3.63, 3.8) is 0 Å². The highest BCUT2D eigenvalue weighted by molar-refractivity contribution is 6.10. The highest BCUT2D eigenvalue weighted by atomic mass is 15.1. The van der Waals surface area contributed by atoms with Crippen molar-refractivity contribution < 1.29 is 0 Å². The number of fused-ring (bicyclic) bond motifs is 6. The van der Waals surface area contributed by atoms with Gasteiger partial charge in [-0.1, -0.05) is 167 Å². The average Bonchev–Trinajstić information content (AvgIpc) is 3.76. The maximum atomic E-state index is 6.10. The third-order valence-electron chi connectivity index (χ3n) is 12.4. The maximum absolute atomic E-state index is 6.10. The van der Waals surface area contributed by atoms with Gasteiger partial charge in [-0.15, -0.1) is 0 Å². The zero-order valence-electron chi connectivity index (χ0n) is 35.3. The molecule has 3 aliphatic carbocycles. The number of aliphatic imine (C=N–C) groups is 1. The van der Waals surface area contributed by atoms with Gasteiger partial charge >= 0.3 is 0 Å². The molecule has 0 fully saturated rings. The number of benzene rings is 6. The first kappa shape index (κ1) is 39.0. The Morgan fingerprint density at radius 1 is 0.683 bits per heavy atom. The molecule has 60 heavy (non-hydrogen) atoms. The maximum Gasteiger partial charge on any atom is 0.129 e. The van der Waals surface area contributed by atoms with Crippen LogP contribution in [0.2, 0.25) is 0 Å². The predicted molar refractivity (Wildman–Crippen MR) is 256 cm³/mol. The molecule has 0 saturated carbocycles. The van der Waals surface area contributed by atoms with Crippen molar-refractivity contribution in [3.8, 4) is 39.1 Å². The van der Waals surface area contributed by atoms with Gasteiger partial charge in [0.15, 0.2) is 0 Å². The fraction of sp³-hybridized carbons (Fsp3) is 0.196. The Morgan fingerprint density at radius 3 is 2.17 bits per heavy atom. The van der Waals surface area contributed by atoms with Gasteiger partial charge in [-0.05, 0) is 112 Å². The molecule has 1 aromatic heterocycles. The lowest BCUT2D eigenvalue weighted by Crippen LogP contribution is -2.31. The molecular formula is C56H54N4. The molecule has 0 amide bonds. The summed E-state index contributed by atoms with van der Waals surface area (Å²) in [6, 6.07) is 49.5. The van der Waals surface area contributed by atoms with E-state index in [4.69, 9.17) is 10.7 Å². The first-order valence-electron chi connectivity index (χ1n) is 21.7. The molecular weight excluding hydrogens is 729 g/mol. The van der Waals surface area contributed by atoms with Crippen LogP contribution in [-0.4, -0.2) is 17.1 Å². The molecule has 4 heteroatoms. The number of aromatic nitrogens is 1. The number of nitrogens with two attached hydrogens (primary N) is 1. The summed E-state index contributed by atoms with van der Waals surface area (Å²) in [5.41, 5.74) is 23.4. The average molecular weight is 783 g/mol. The molecule has 1 atom stereocenters. The quantitative estimate of drug-likeness (QED) is 0.0916. The second-order valence-electron chi connectivity index (χ2n) is 16.3. The summed E-state index contributed by atoms with van der Waals surface area (Å²) in [4.78, 5) is 5.46. The summed E-state index contributed by atoms with van der Waals surface area (Å²) in [7, 11) is 0. The number of nitrogens with zero attached hydrogens (tertiary/aromatic N) is 2. The van der Waals surface area contributed by atoms with Crippen molar-refractivity contribution in [3.05, 3.63) is 198 Å². The van der Waals surface area contributed by atoms with E-state index >= 15 is 0 Å². The summed E-state index contributed by atoms with van der Waals surface area (Å²) in [5, 5.41) is 5.87. The fourth-order valence-electron chi connectivity index (χ4n) is 9.57. The Hall–Kier alpha value is -6.49. The first-order valence-corrected chi connectivity index (χ1v) is 21.7. The second-order valence-corrected chi connectivity index (χ2v) is 16.3. The van der Waals surface area contributed by atoms with Crippen LogP contribution in [0, 0.1) is 0 Å². The van der Waals surface area contributed by atoms with Crippen LogP contribution in [0.5, 0.6) is 0 Å². The lowest BCUT2D eigenvalue weighted by molar-refractivity contribution is 0.660. The third kappa shape index (κ3) is 6.95. The second kappa shape index (κ2) is 16.6. The number of nitrogens with one attached hydrogen (secondary N) is 1. The third-order valence-corrected chi connectivity index (χ3v) is 12.4. The van der Waals surface area contributed by atoms with Crippen molar-refractivity contribution in [2.24, 2.45) is 10.7 Å². The van der Waals surface area contributed by atoms with Gasteiger partial charge in [-0.2, -0.15) is 0 Å². The molecule has 1 heterocycles. The molecule has 298 valence electrons. The van der Waals surface area contributed by atoms with Crippen LogP contribution >= 0.6 is 0 Å². The molecule has 3 aliphatic rings. The minimum absolute atomic E-state index is 0.0630. The molecule has 0 saturated heterocycles. The summed E-state index contributed by atoms with van der Waals surface area (Å²) >= 11 is 0. The SMILES string of the molecule is CC.CC1(C)c2ccccc2-c2ccc(-c3ccccc3-c3ccc4c5ccccc5n(-c5cccc(C(N=C(NCN)C6=CCCC=C6)C6=CC=CCC6)c5)c4c3)cc21. The van der Waals surface area contributed by atoms with E-state index in [1.807, 2.05) is 13.8 Å². The Labute approximate surface area is 355 Å². The zero-order valence-corrected chi connectivity index (χ0v) is 35.3. The summed E-state index contributed by atoms with van der Waals surface area (Å²) < 4.78 is 2.44. The van der Waals surface area contributed by atoms with Crippen molar-refractivity contribution in [1.29, 1.82) is 0 Å². The standard InChI is InChI=1S/C54H48N4.C2H6/c1-54(2)48-26-13-11-24-44(48)45-30-28-38(33-49(45)54)42-22-9-10-23-43(42)39-29-31-47-46-25-12-14-27-50(46)58(51(47)34-39)41-21-15-20-40(32-41)52(36-16-5-3-6-17-36)57-53(56-35-55)37-18-7-4-8-19-37;1-2/h3,5,7,9-16,18-34,52H,4,6,8,17,35,55H2,1-2H3,(H,56,57);1-2H3. The van der Waals surface area contributed by atoms with E-state index in [9.17, 15) is 0 Å². The minimum Gasteiger partial charge on any atom is -0.358 e. The van der Waals surface area contributed by atoms with Crippen LogP contribution in [-0.2, 0) is 5.41 Å². The van der Waals surface area contributed by atoms with Crippen LogP contribution < -0.4 is 11.1 Å². The number of amidine groups is 1. The monoisotopic (exact) mass is 782 g/mol. The molecule has 1 unspecified atom stereocenters. The van der Waals surface area contributed by atoms with E-state index in [-0.39, 0.29) is 11.5 Å². The van der Waals surface area contributed by atoms with E-state index < -0.39 is 0 Å². The molecule has 0 bridgehead atoms. The van der Waals surface area contributed by atoms with Crippen LogP contribution in [0.25, 0.3) is 60.9 Å². The van der Waals surface area contributed by atoms with E-state index in [1.54, 1.807) is 0 Å². The van der Waals surface area contributed by atoms with Gasteiger partial charge in [0, 0.05) is 27.4 Å². The van der Waals surface area contributed by atoms with Gasteiger partial charge in [0.25, 0.3) is 0 Å². The highest BCUT2D eigenvalue weighted by Gasteiger charge is 2.35. The van der Waals surface area contributed by atoms with E-state index in [2.05, 4.69) is 194 Å². The molecule has 0 spiro atoms. The Morgan fingerprint density at radius 2 is 1.40 bits per heavy atom. The zero-order chi connectivity index (χ0) is 41.2. The molecule has 10 rings (SSSR count). The first-order chi connectivity index (χ1) is 29.5. The fourth-order valence-corrected chi connectivity index (χ4v) is 9.57. The largest absolute Gasteiger partial charge is 0.358 e. The normalized spacial score (nSPS) is 15.8. The molecule has 4 nitrogen and oxygen atoms in total. The highest BCUT2D eigenvalue weighted by Crippen LogP contribution is 2.50. The van der Waals surface area contributed by atoms with Crippen molar-refractivity contribution in [1.82, 2.24) is 9.88 Å². The summed E-state index contributed by atoms with van der Waals surface area (Å²) in [5.74, 6) is 0.848. The van der Waals surface area contributed by atoms with E-state index in [0.29, 0.717) is 6.67 Å². The molecule has 6 aromatic carbocycles. The van der Waals surface area contributed by atoms with Gasteiger partial charge < -0.3 is 15.6 Å².